The van der Waals surface area contributed by atoms with E-state index in [0.29, 0.717) is 18.4 Å². The van der Waals surface area contributed by atoms with Gasteiger partial charge >= 0.3 is 0 Å². The monoisotopic (exact) mass is 270 g/mol. The van der Waals surface area contributed by atoms with Crippen molar-refractivity contribution in [1.82, 2.24) is 5.32 Å². The second kappa shape index (κ2) is 6.71. The van der Waals surface area contributed by atoms with Crippen molar-refractivity contribution in [2.75, 3.05) is 6.54 Å². The van der Waals surface area contributed by atoms with Crippen molar-refractivity contribution in [3.05, 3.63) is 0 Å². The van der Waals surface area contributed by atoms with Crippen LogP contribution in [-0.2, 0) is 4.79 Å². The molecule has 112 valence electrons. The summed E-state index contributed by atoms with van der Waals surface area (Å²) in [6, 6.07) is -0.441. The van der Waals surface area contributed by atoms with Crippen molar-refractivity contribution in [3.63, 3.8) is 0 Å². The highest BCUT2D eigenvalue weighted by atomic mass is 16.3. The van der Waals surface area contributed by atoms with Gasteiger partial charge in [-0.2, -0.15) is 0 Å². The summed E-state index contributed by atoms with van der Waals surface area (Å²) >= 11 is 0. The maximum absolute atomic E-state index is 11.8. The highest BCUT2D eigenvalue weighted by Crippen LogP contribution is 2.39. The Morgan fingerprint density at radius 1 is 1.32 bits per heavy atom. The molecule has 0 aromatic rings. The molecule has 0 aromatic carbocycles. The number of carbonyl (C=O) groups is 1. The standard InChI is InChI=1S/C15H30N2O2/c1-4-5-6-12(16)13(18)17-11-15(19)9-7-14(2,3)8-10-15/h12,19H,4-11,16H2,1-3H3,(H,17,18)/t12-/m0/s1. The molecule has 1 aliphatic carbocycles. The molecule has 1 atom stereocenters. The Kier molecular flexibility index (Phi) is 5.81. The smallest absolute Gasteiger partial charge is 0.237 e. The summed E-state index contributed by atoms with van der Waals surface area (Å²) in [6.45, 7) is 6.87. The minimum absolute atomic E-state index is 0.133. The number of rotatable bonds is 6. The Balaban J connectivity index is 2.33. The van der Waals surface area contributed by atoms with Crippen LogP contribution in [0.15, 0.2) is 0 Å². The van der Waals surface area contributed by atoms with Gasteiger partial charge in [-0.3, -0.25) is 4.79 Å². The fourth-order valence-corrected chi connectivity index (χ4v) is 2.51. The summed E-state index contributed by atoms with van der Waals surface area (Å²) in [5.41, 5.74) is 5.38. The molecule has 0 radical (unpaired) electrons. The number of aliphatic hydroxyl groups is 1. The number of carbonyl (C=O) groups excluding carboxylic acids is 1. The van der Waals surface area contributed by atoms with Crippen molar-refractivity contribution in [1.29, 1.82) is 0 Å². The van der Waals surface area contributed by atoms with E-state index < -0.39 is 11.6 Å². The zero-order valence-electron chi connectivity index (χ0n) is 12.7. The average Bonchev–Trinajstić information content (AvgIpc) is 2.37. The number of hydrogen-bond donors (Lipinski definition) is 3. The van der Waals surface area contributed by atoms with Gasteiger partial charge in [0.1, 0.15) is 0 Å². The Morgan fingerprint density at radius 2 is 1.89 bits per heavy atom. The maximum atomic E-state index is 11.8. The van der Waals surface area contributed by atoms with Gasteiger partial charge in [-0.1, -0.05) is 33.6 Å². The zero-order valence-corrected chi connectivity index (χ0v) is 12.7. The molecule has 1 rings (SSSR count). The molecule has 0 spiro atoms. The van der Waals surface area contributed by atoms with Crippen LogP contribution in [0.2, 0.25) is 0 Å². The van der Waals surface area contributed by atoms with Gasteiger partial charge in [0.25, 0.3) is 0 Å². The van der Waals surface area contributed by atoms with Crippen LogP contribution in [0.3, 0.4) is 0 Å². The van der Waals surface area contributed by atoms with Crippen LogP contribution in [0.4, 0.5) is 0 Å². The molecule has 4 heteroatoms. The largest absolute Gasteiger partial charge is 0.388 e. The molecule has 0 unspecified atom stereocenters. The van der Waals surface area contributed by atoms with Gasteiger partial charge in [0, 0.05) is 6.54 Å². The molecule has 0 bridgehead atoms. The molecule has 0 aliphatic heterocycles. The third kappa shape index (κ3) is 5.49. The second-order valence-electron chi connectivity index (χ2n) is 6.86. The predicted octanol–water partition coefficient (Wildman–Crippen LogP) is 1.95. The summed E-state index contributed by atoms with van der Waals surface area (Å²) in [7, 11) is 0. The average molecular weight is 270 g/mol. The van der Waals surface area contributed by atoms with Crippen LogP contribution in [0, 0.1) is 5.41 Å². The number of unbranched alkanes of at least 4 members (excludes halogenated alkanes) is 1. The van der Waals surface area contributed by atoms with Crippen molar-refractivity contribution in [3.8, 4) is 0 Å². The molecule has 0 aromatic heterocycles. The van der Waals surface area contributed by atoms with Crippen molar-refractivity contribution in [2.24, 2.45) is 11.1 Å². The first-order valence-corrected chi connectivity index (χ1v) is 7.54. The van der Waals surface area contributed by atoms with Gasteiger partial charge in [0.15, 0.2) is 0 Å². The SMILES string of the molecule is CCCC[C@H](N)C(=O)NCC1(O)CCC(C)(C)CC1. The zero-order chi connectivity index (χ0) is 14.5. The summed E-state index contributed by atoms with van der Waals surface area (Å²) in [5.74, 6) is -0.133. The second-order valence-corrected chi connectivity index (χ2v) is 6.86. The van der Waals surface area contributed by atoms with Crippen LogP contribution in [0.5, 0.6) is 0 Å². The lowest BCUT2D eigenvalue weighted by Gasteiger charge is -2.40. The molecular formula is C15H30N2O2. The van der Waals surface area contributed by atoms with Crippen LogP contribution in [-0.4, -0.2) is 29.2 Å². The highest BCUT2D eigenvalue weighted by molar-refractivity contribution is 5.81. The number of hydrogen-bond acceptors (Lipinski definition) is 3. The Bertz CT molecular complexity index is 293. The Hall–Kier alpha value is -0.610. The van der Waals surface area contributed by atoms with Crippen LogP contribution < -0.4 is 11.1 Å². The molecule has 0 saturated heterocycles. The Labute approximate surface area is 117 Å². The normalized spacial score (nSPS) is 22.8. The summed E-state index contributed by atoms with van der Waals surface area (Å²) < 4.78 is 0. The van der Waals surface area contributed by atoms with Gasteiger partial charge in [0.05, 0.1) is 11.6 Å². The number of amides is 1. The lowest BCUT2D eigenvalue weighted by Crippen LogP contribution is -2.50. The first kappa shape index (κ1) is 16.4. The van der Waals surface area contributed by atoms with Crippen molar-refractivity contribution >= 4 is 5.91 Å². The van der Waals surface area contributed by atoms with E-state index in [1.54, 1.807) is 0 Å². The first-order valence-electron chi connectivity index (χ1n) is 7.54. The number of nitrogens with two attached hydrogens (primary N) is 1. The lowest BCUT2D eigenvalue weighted by atomic mass is 9.71. The molecule has 19 heavy (non-hydrogen) atoms. The van der Waals surface area contributed by atoms with Crippen LogP contribution in [0.25, 0.3) is 0 Å². The molecule has 1 amide bonds. The molecule has 1 fully saturated rings. The fraction of sp³-hybridized carbons (Fsp3) is 0.933. The van der Waals surface area contributed by atoms with E-state index in [9.17, 15) is 9.90 Å². The van der Waals surface area contributed by atoms with E-state index in [0.717, 1.165) is 38.5 Å². The number of nitrogens with one attached hydrogen (secondary N) is 1. The van der Waals surface area contributed by atoms with Gasteiger partial charge in [-0.15, -0.1) is 0 Å². The molecule has 1 aliphatic rings. The Morgan fingerprint density at radius 3 is 2.42 bits per heavy atom. The maximum Gasteiger partial charge on any atom is 0.237 e. The van der Waals surface area contributed by atoms with E-state index in [4.69, 9.17) is 5.73 Å². The van der Waals surface area contributed by atoms with E-state index >= 15 is 0 Å². The summed E-state index contributed by atoms with van der Waals surface area (Å²) in [4.78, 5) is 11.8. The third-order valence-electron chi connectivity index (χ3n) is 4.33. The third-order valence-corrected chi connectivity index (χ3v) is 4.33. The van der Waals surface area contributed by atoms with E-state index in [1.807, 2.05) is 0 Å². The van der Waals surface area contributed by atoms with Crippen molar-refractivity contribution in [2.45, 2.75) is 77.4 Å². The highest BCUT2D eigenvalue weighted by Gasteiger charge is 2.36. The molecular weight excluding hydrogens is 240 g/mol. The van der Waals surface area contributed by atoms with Gasteiger partial charge < -0.3 is 16.2 Å². The molecule has 1 saturated carbocycles. The molecule has 4 nitrogen and oxygen atoms in total. The molecule has 0 heterocycles. The van der Waals surface area contributed by atoms with Crippen LogP contribution >= 0.6 is 0 Å². The van der Waals surface area contributed by atoms with Crippen LogP contribution in [0.1, 0.15) is 65.7 Å². The lowest BCUT2D eigenvalue weighted by molar-refractivity contribution is -0.124. The van der Waals surface area contributed by atoms with E-state index in [1.165, 1.54) is 0 Å². The van der Waals surface area contributed by atoms with E-state index in [2.05, 4.69) is 26.1 Å². The minimum atomic E-state index is -0.740. The predicted molar refractivity (Wildman–Crippen MR) is 77.7 cm³/mol. The fourth-order valence-electron chi connectivity index (χ4n) is 2.51. The minimum Gasteiger partial charge on any atom is -0.388 e. The summed E-state index contributed by atoms with van der Waals surface area (Å²) in [5, 5.41) is 13.3. The van der Waals surface area contributed by atoms with Gasteiger partial charge in [-0.25, -0.2) is 0 Å². The van der Waals surface area contributed by atoms with Crippen molar-refractivity contribution < 1.29 is 9.90 Å². The van der Waals surface area contributed by atoms with Gasteiger partial charge in [-0.05, 0) is 37.5 Å². The van der Waals surface area contributed by atoms with Gasteiger partial charge in [0.2, 0.25) is 5.91 Å². The first-order chi connectivity index (χ1) is 8.78. The topological polar surface area (TPSA) is 75.4 Å². The van der Waals surface area contributed by atoms with E-state index in [-0.39, 0.29) is 5.91 Å². The quantitative estimate of drug-likeness (QED) is 0.690. The summed E-state index contributed by atoms with van der Waals surface area (Å²) in [6.07, 6.45) is 6.23. The molecule has 4 N–H and O–H groups in total.